The minimum atomic E-state index is -0.436. The van der Waals surface area contributed by atoms with Crippen LogP contribution in [0.2, 0.25) is 0 Å². The zero-order valence-electron chi connectivity index (χ0n) is 17.9. The molecular weight excluding hydrogens is 392 g/mol. The van der Waals surface area contributed by atoms with E-state index in [9.17, 15) is 14.4 Å². The molecule has 162 valence electrons. The topological polar surface area (TPSA) is 84.5 Å². The molecule has 31 heavy (non-hydrogen) atoms. The summed E-state index contributed by atoms with van der Waals surface area (Å²) in [5.41, 5.74) is 3.17. The zero-order chi connectivity index (χ0) is 22.2. The number of allylic oxidation sites excluding steroid dienone is 1. The molecule has 3 rings (SSSR count). The molecule has 0 bridgehead atoms. The number of benzene rings is 2. The molecule has 6 heteroatoms. The van der Waals surface area contributed by atoms with Gasteiger partial charge in [0.2, 0.25) is 5.91 Å². The SMILES string of the molecule is CC(=O)Oc1cccc(C(=O)NCc2ccc(NC(=O)/C=C(\C)C3CCCC3)cc2)c1. The Morgan fingerprint density at radius 2 is 1.74 bits per heavy atom. The van der Waals surface area contributed by atoms with Gasteiger partial charge in [-0.05, 0) is 61.6 Å². The van der Waals surface area contributed by atoms with Crippen molar-refractivity contribution in [3.63, 3.8) is 0 Å². The Balaban J connectivity index is 1.51. The lowest BCUT2D eigenvalue weighted by Gasteiger charge is -2.10. The van der Waals surface area contributed by atoms with Gasteiger partial charge in [-0.25, -0.2) is 0 Å². The highest BCUT2D eigenvalue weighted by Gasteiger charge is 2.17. The summed E-state index contributed by atoms with van der Waals surface area (Å²) < 4.78 is 5.01. The van der Waals surface area contributed by atoms with Gasteiger partial charge in [0.15, 0.2) is 0 Å². The molecule has 0 aromatic heterocycles. The molecule has 0 heterocycles. The van der Waals surface area contributed by atoms with Crippen LogP contribution >= 0.6 is 0 Å². The highest BCUT2D eigenvalue weighted by Crippen LogP contribution is 2.30. The maximum Gasteiger partial charge on any atom is 0.308 e. The van der Waals surface area contributed by atoms with Gasteiger partial charge in [0.05, 0.1) is 0 Å². The first-order chi connectivity index (χ1) is 14.9. The van der Waals surface area contributed by atoms with Crippen LogP contribution in [0.4, 0.5) is 5.69 Å². The lowest BCUT2D eigenvalue weighted by atomic mass is 9.99. The summed E-state index contributed by atoms with van der Waals surface area (Å²) in [6.45, 7) is 3.68. The van der Waals surface area contributed by atoms with Crippen LogP contribution < -0.4 is 15.4 Å². The average Bonchev–Trinajstić information content (AvgIpc) is 3.28. The fourth-order valence-electron chi connectivity index (χ4n) is 3.74. The molecule has 0 radical (unpaired) electrons. The summed E-state index contributed by atoms with van der Waals surface area (Å²) in [7, 11) is 0. The Hall–Kier alpha value is -3.41. The van der Waals surface area contributed by atoms with Crippen molar-refractivity contribution >= 4 is 23.5 Å². The Morgan fingerprint density at radius 1 is 1.03 bits per heavy atom. The summed E-state index contributed by atoms with van der Waals surface area (Å²) >= 11 is 0. The molecule has 1 aliphatic rings. The standard InChI is InChI=1S/C25H28N2O4/c1-17(20-6-3-4-7-20)14-24(29)27-22-12-10-19(11-13-22)16-26-25(30)21-8-5-9-23(15-21)31-18(2)28/h5,8-15,20H,3-4,6-7,16H2,1-2H3,(H,26,30)(H,27,29)/b17-14+. The number of ether oxygens (including phenoxy) is 1. The molecule has 0 unspecified atom stereocenters. The van der Waals surface area contributed by atoms with E-state index in [1.165, 1.54) is 38.7 Å². The molecule has 1 saturated carbocycles. The zero-order valence-corrected chi connectivity index (χ0v) is 17.9. The molecular formula is C25H28N2O4. The van der Waals surface area contributed by atoms with Crippen molar-refractivity contribution in [1.29, 1.82) is 0 Å². The lowest BCUT2D eigenvalue weighted by Crippen LogP contribution is -2.22. The normalized spacial score (nSPS) is 14.2. The van der Waals surface area contributed by atoms with E-state index in [1.54, 1.807) is 24.3 Å². The van der Waals surface area contributed by atoms with Crippen LogP contribution in [0.5, 0.6) is 5.75 Å². The third-order valence-electron chi connectivity index (χ3n) is 5.39. The molecule has 2 aromatic rings. The first-order valence-electron chi connectivity index (χ1n) is 10.6. The van der Waals surface area contributed by atoms with E-state index < -0.39 is 5.97 Å². The molecule has 1 aliphatic carbocycles. The molecule has 6 nitrogen and oxygen atoms in total. The number of carbonyl (C=O) groups is 3. The molecule has 0 saturated heterocycles. The summed E-state index contributed by atoms with van der Waals surface area (Å²) in [6.07, 6.45) is 6.53. The molecule has 0 aliphatic heterocycles. The molecule has 2 aromatic carbocycles. The predicted octanol–water partition coefficient (Wildman–Crippen LogP) is 4.62. The van der Waals surface area contributed by atoms with Crippen molar-refractivity contribution in [3.05, 3.63) is 71.3 Å². The Morgan fingerprint density at radius 3 is 2.42 bits per heavy atom. The Kier molecular flexibility index (Phi) is 7.60. The van der Waals surface area contributed by atoms with Crippen LogP contribution in [-0.4, -0.2) is 17.8 Å². The first kappa shape index (κ1) is 22.3. The van der Waals surface area contributed by atoms with Crippen LogP contribution in [0.25, 0.3) is 0 Å². The third-order valence-corrected chi connectivity index (χ3v) is 5.39. The van der Waals surface area contributed by atoms with Crippen LogP contribution in [0.15, 0.2) is 60.2 Å². The number of esters is 1. The van der Waals surface area contributed by atoms with E-state index >= 15 is 0 Å². The van der Waals surface area contributed by atoms with Gasteiger partial charge in [-0.2, -0.15) is 0 Å². The van der Waals surface area contributed by atoms with Crippen molar-refractivity contribution in [2.45, 2.75) is 46.1 Å². The minimum Gasteiger partial charge on any atom is -0.427 e. The Labute approximate surface area is 182 Å². The average molecular weight is 421 g/mol. The smallest absolute Gasteiger partial charge is 0.308 e. The quantitative estimate of drug-likeness (QED) is 0.389. The van der Waals surface area contributed by atoms with Crippen LogP contribution in [0.3, 0.4) is 0 Å². The molecule has 0 atom stereocenters. The van der Waals surface area contributed by atoms with E-state index in [1.807, 2.05) is 31.2 Å². The van der Waals surface area contributed by atoms with Crippen molar-refractivity contribution in [3.8, 4) is 5.75 Å². The summed E-state index contributed by atoms with van der Waals surface area (Å²) in [5.74, 6) is 0.0508. The first-order valence-corrected chi connectivity index (χ1v) is 10.6. The Bertz CT molecular complexity index is 973. The second kappa shape index (κ2) is 10.6. The number of anilines is 1. The summed E-state index contributed by atoms with van der Waals surface area (Å²) in [4.78, 5) is 35.7. The van der Waals surface area contributed by atoms with Gasteiger partial charge in [0.1, 0.15) is 5.75 Å². The minimum absolute atomic E-state index is 0.113. The van der Waals surface area contributed by atoms with E-state index in [4.69, 9.17) is 4.74 Å². The van der Waals surface area contributed by atoms with Crippen LogP contribution in [-0.2, 0) is 16.1 Å². The molecule has 2 amide bonds. The van der Waals surface area contributed by atoms with Gasteiger partial charge in [-0.1, -0.05) is 36.6 Å². The van der Waals surface area contributed by atoms with Gasteiger partial charge in [-0.15, -0.1) is 0 Å². The van der Waals surface area contributed by atoms with E-state index in [2.05, 4.69) is 10.6 Å². The van der Waals surface area contributed by atoms with Crippen molar-refractivity contribution in [2.75, 3.05) is 5.32 Å². The number of nitrogens with one attached hydrogen (secondary N) is 2. The number of carbonyl (C=O) groups excluding carboxylic acids is 3. The van der Waals surface area contributed by atoms with E-state index in [0.29, 0.717) is 29.5 Å². The largest absolute Gasteiger partial charge is 0.427 e. The lowest BCUT2D eigenvalue weighted by molar-refractivity contribution is -0.131. The maximum atomic E-state index is 12.4. The van der Waals surface area contributed by atoms with Crippen LogP contribution in [0, 0.1) is 5.92 Å². The summed E-state index contributed by atoms with van der Waals surface area (Å²) in [6, 6.07) is 13.8. The molecule has 2 N–H and O–H groups in total. The predicted molar refractivity (Wildman–Crippen MR) is 120 cm³/mol. The fourth-order valence-corrected chi connectivity index (χ4v) is 3.74. The molecule has 1 fully saturated rings. The van der Waals surface area contributed by atoms with Gasteiger partial charge < -0.3 is 15.4 Å². The van der Waals surface area contributed by atoms with Gasteiger partial charge in [-0.3, -0.25) is 14.4 Å². The van der Waals surface area contributed by atoms with E-state index in [0.717, 1.165) is 11.1 Å². The second-order valence-corrected chi connectivity index (χ2v) is 7.86. The molecule has 0 spiro atoms. The number of rotatable bonds is 7. The summed E-state index contributed by atoms with van der Waals surface area (Å²) in [5, 5.41) is 5.73. The van der Waals surface area contributed by atoms with Gasteiger partial charge in [0, 0.05) is 30.8 Å². The highest BCUT2D eigenvalue weighted by atomic mass is 16.5. The third kappa shape index (κ3) is 6.81. The number of hydrogen-bond acceptors (Lipinski definition) is 4. The van der Waals surface area contributed by atoms with Gasteiger partial charge >= 0.3 is 5.97 Å². The van der Waals surface area contributed by atoms with Gasteiger partial charge in [0.25, 0.3) is 5.91 Å². The van der Waals surface area contributed by atoms with Crippen molar-refractivity contribution in [2.24, 2.45) is 5.92 Å². The monoisotopic (exact) mass is 420 g/mol. The van der Waals surface area contributed by atoms with Crippen molar-refractivity contribution in [1.82, 2.24) is 5.32 Å². The highest BCUT2D eigenvalue weighted by molar-refractivity contribution is 5.99. The van der Waals surface area contributed by atoms with E-state index in [-0.39, 0.29) is 11.8 Å². The number of hydrogen-bond donors (Lipinski definition) is 2. The number of amides is 2. The van der Waals surface area contributed by atoms with Crippen LogP contribution in [0.1, 0.15) is 55.5 Å². The fraction of sp³-hybridized carbons (Fsp3) is 0.320. The van der Waals surface area contributed by atoms with Crippen molar-refractivity contribution < 1.29 is 19.1 Å². The maximum absolute atomic E-state index is 12.4. The second-order valence-electron chi connectivity index (χ2n) is 7.86.